The van der Waals surface area contributed by atoms with Crippen LogP contribution in [0.1, 0.15) is 45.7 Å². The highest BCUT2D eigenvalue weighted by molar-refractivity contribution is 5.85. The van der Waals surface area contributed by atoms with Gasteiger partial charge in [0.25, 0.3) is 0 Å². The first-order valence-electron chi connectivity index (χ1n) is 9.10. The van der Waals surface area contributed by atoms with Crippen LogP contribution in [0, 0.1) is 0 Å². The third-order valence-electron chi connectivity index (χ3n) is 4.53. The van der Waals surface area contributed by atoms with Crippen LogP contribution in [0.3, 0.4) is 0 Å². The van der Waals surface area contributed by atoms with Crippen LogP contribution < -0.4 is 0 Å². The van der Waals surface area contributed by atoms with Gasteiger partial charge in [-0.25, -0.2) is 0 Å². The summed E-state index contributed by atoms with van der Waals surface area (Å²) in [5.74, 6) is 0.0127. The van der Waals surface area contributed by atoms with E-state index in [-0.39, 0.29) is 24.4 Å². The first-order chi connectivity index (χ1) is 11.9. The minimum atomic E-state index is -0.0389. The number of aryl methyl sites for hydroxylation is 1. The molecule has 2 amide bonds. The second-order valence-corrected chi connectivity index (χ2v) is 6.45. The van der Waals surface area contributed by atoms with Crippen molar-refractivity contribution in [3.63, 3.8) is 0 Å². The summed E-state index contributed by atoms with van der Waals surface area (Å²) < 4.78 is 7.15. The summed E-state index contributed by atoms with van der Waals surface area (Å²) in [6.45, 7) is 7.64. The molecule has 1 aromatic heterocycles. The van der Waals surface area contributed by atoms with Gasteiger partial charge in [-0.05, 0) is 31.9 Å². The van der Waals surface area contributed by atoms with Gasteiger partial charge in [-0.2, -0.15) is 0 Å². The smallest absolute Gasteiger partial charge is 0.242 e. The summed E-state index contributed by atoms with van der Waals surface area (Å²) in [7, 11) is 3.59. The summed E-state index contributed by atoms with van der Waals surface area (Å²) in [6.07, 6.45) is 4.06. The minimum Gasteiger partial charge on any atom is -0.383 e. The molecule has 6 heteroatoms. The Morgan fingerprint density at radius 1 is 1.28 bits per heavy atom. The number of ether oxygens (including phenoxy) is 1. The molecule has 142 valence electrons. The van der Waals surface area contributed by atoms with E-state index in [9.17, 15) is 9.59 Å². The lowest BCUT2D eigenvalue weighted by Crippen LogP contribution is -2.47. The third-order valence-corrected chi connectivity index (χ3v) is 4.53. The molecule has 0 saturated heterocycles. The van der Waals surface area contributed by atoms with Gasteiger partial charge < -0.3 is 19.1 Å². The maximum atomic E-state index is 12.9. The van der Waals surface area contributed by atoms with Gasteiger partial charge >= 0.3 is 0 Å². The summed E-state index contributed by atoms with van der Waals surface area (Å²) in [4.78, 5) is 28.8. The maximum absolute atomic E-state index is 12.9. The van der Waals surface area contributed by atoms with Crippen LogP contribution in [-0.4, -0.2) is 59.0 Å². The van der Waals surface area contributed by atoms with E-state index >= 15 is 0 Å². The standard InChI is InChI=1S/C19H33N3O3/c1-6-9-18(23)22(16(3)7-2)15-19(24)21(12-13-25-5)14-17-10-8-11-20(17)4/h8,10-11,16H,6-7,9,12-15H2,1-5H3/t16-/m1/s1. The molecule has 0 aromatic carbocycles. The van der Waals surface area contributed by atoms with Crippen molar-refractivity contribution in [2.24, 2.45) is 7.05 Å². The molecule has 0 aliphatic rings. The number of carbonyl (C=O) groups is 2. The number of hydrogen-bond donors (Lipinski definition) is 0. The van der Waals surface area contributed by atoms with Crippen molar-refractivity contribution in [2.45, 2.75) is 52.6 Å². The molecule has 25 heavy (non-hydrogen) atoms. The molecule has 1 heterocycles. The van der Waals surface area contributed by atoms with Gasteiger partial charge in [0.2, 0.25) is 11.8 Å². The number of methoxy groups -OCH3 is 1. The second kappa shape index (κ2) is 10.9. The fourth-order valence-corrected chi connectivity index (χ4v) is 2.66. The Balaban J connectivity index is 2.86. The molecule has 0 N–H and O–H groups in total. The van der Waals surface area contributed by atoms with Crippen molar-refractivity contribution in [1.29, 1.82) is 0 Å². The number of amides is 2. The predicted octanol–water partition coefficient (Wildman–Crippen LogP) is 2.43. The zero-order valence-corrected chi connectivity index (χ0v) is 16.3. The van der Waals surface area contributed by atoms with Crippen molar-refractivity contribution >= 4 is 11.8 Å². The predicted molar refractivity (Wildman–Crippen MR) is 99.1 cm³/mol. The second-order valence-electron chi connectivity index (χ2n) is 6.45. The topological polar surface area (TPSA) is 54.8 Å². The first-order valence-corrected chi connectivity index (χ1v) is 9.10. The summed E-state index contributed by atoms with van der Waals surface area (Å²) in [5.41, 5.74) is 1.06. The first kappa shape index (κ1) is 21.2. The van der Waals surface area contributed by atoms with E-state index in [1.165, 1.54) is 0 Å². The van der Waals surface area contributed by atoms with Gasteiger partial charge in [0.1, 0.15) is 6.54 Å². The Kier molecular flexibility index (Phi) is 9.27. The van der Waals surface area contributed by atoms with Crippen molar-refractivity contribution in [2.75, 3.05) is 26.8 Å². The van der Waals surface area contributed by atoms with Crippen molar-refractivity contribution in [3.05, 3.63) is 24.0 Å². The number of nitrogens with zero attached hydrogens (tertiary/aromatic N) is 3. The van der Waals surface area contributed by atoms with Crippen LogP contribution in [-0.2, 0) is 27.9 Å². The molecular weight excluding hydrogens is 318 g/mol. The fraction of sp³-hybridized carbons (Fsp3) is 0.684. The van der Waals surface area contributed by atoms with E-state index in [0.29, 0.717) is 26.1 Å². The molecule has 1 aromatic rings. The van der Waals surface area contributed by atoms with Gasteiger partial charge in [0.05, 0.1) is 13.2 Å². The summed E-state index contributed by atoms with van der Waals surface area (Å²) >= 11 is 0. The molecule has 0 saturated carbocycles. The van der Waals surface area contributed by atoms with Gasteiger partial charge in [0, 0.05) is 45.1 Å². The molecule has 1 atom stereocenters. The molecule has 0 radical (unpaired) electrons. The Labute approximate surface area is 151 Å². The number of aromatic nitrogens is 1. The largest absolute Gasteiger partial charge is 0.383 e. The Bertz CT molecular complexity index is 542. The van der Waals surface area contributed by atoms with E-state index in [1.807, 2.05) is 50.7 Å². The average Bonchev–Trinajstić information content (AvgIpc) is 3.00. The van der Waals surface area contributed by atoms with E-state index in [0.717, 1.165) is 18.5 Å². The van der Waals surface area contributed by atoms with Gasteiger partial charge in [0.15, 0.2) is 0 Å². The van der Waals surface area contributed by atoms with Gasteiger partial charge in [-0.15, -0.1) is 0 Å². The van der Waals surface area contributed by atoms with E-state index in [1.54, 1.807) is 16.9 Å². The lowest BCUT2D eigenvalue weighted by atomic mass is 10.2. The SMILES string of the molecule is CCCC(=O)N(CC(=O)N(CCOC)Cc1cccn1C)[C@H](C)CC. The van der Waals surface area contributed by atoms with Crippen LogP contribution in [0.2, 0.25) is 0 Å². The third kappa shape index (κ3) is 6.53. The van der Waals surface area contributed by atoms with E-state index < -0.39 is 0 Å². The Morgan fingerprint density at radius 3 is 2.52 bits per heavy atom. The van der Waals surface area contributed by atoms with Crippen LogP contribution >= 0.6 is 0 Å². The Morgan fingerprint density at radius 2 is 2.00 bits per heavy atom. The van der Waals surface area contributed by atoms with Gasteiger partial charge in [-0.1, -0.05) is 13.8 Å². The quantitative estimate of drug-likeness (QED) is 0.615. The van der Waals surface area contributed by atoms with Crippen molar-refractivity contribution in [1.82, 2.24) is 14.4 Å². The number of hydrogen-bond acceptors (Lipinski definition) is 3. The van der Waals surface area contributed by atoms with Crippen LogP contribution in [0.4, 0.5) is 0 Å². The fourth-order valence-electron chi connectivity index (χ4n) is 2.66. The zero-order valence-electron chi connectivity index (χ0n) is 16.3. The highest BCUT2D eigenvalue weighted by Crippen LogP contribution is 2.11. The molecule has 0 unspecified atom stereocenters. The lowest BCUT2D eigenvalue weighted by Gasteiger charge is -2.31. The Hall–Kier alpha value is -1.82. The molecule has 0 spiro atoms. The molecule has 0 aliphatic heterocycles. The normalized spacial score (nSPS) is 12.0. The molecule has 6 nitrogen and oxygen atoms in total. The lowest BCUT2D eigenvalue weighted by molar-refractivity contribution is -0.143. The van der Waals surface area contributed by atoms with E-state index in [2.05, 4.69) is 0 Å². The highest BCUT2D eigenvalue weighted by Gasteiger charge is 2.24. The summed E-state index contributed by atoms with van der Waals surface area (Å²) in [5, 5.41) is 0. The van der Waals surface area contributed by atoms with Crippen molar-refractivity contribution < 1.29 is 14.3 Å². The molecular formula is C19H33N3O3. The molecule has 0 bridgehead atoms. The molecule has 0 aliphatic carbocycles. The number of rotatable bonds is 11. The van der Waals surface area contributed by atoms with Crippen LogP contribution in [0.15, 0.2) is 18.3 Å². The average molecular weight is 351 g/mol. The zero-order chi connectivity index (χ0) is 18.8. The maximum Gasteiger partial charge on any atom is 0.242 e. The van der Waals surface area contributed by atoms with Crippen LogP contribution in [0.25, 0.3) is 0 Å². The monoisotopic (exact) mass is 351 g/mol. The van der Waals surface area contributed by atoms with Crippen molar-refractivity contribution in [3.8, 4) is 0 Å². The summed E-state index contributed by atoms with van der Waals surface area (Å²) in [6, 6.07) is 4.02. The minimum absolute atomic E-state index is 0.0389. The van der Waals surface area contributed by atoms with Crippen LogP contribution in [0.5, 0.6) is 0 Å². The highest BCUT2D eigenvalue weighted by atomic mass is 16.5. The van der Waals surface area contributed by atoms with Gasteiger partial charge in [-0.3, -0.25) is 9.59 Å². The van der Waals surface area contributed by atoms with E-state index in [4.69, 9.17) is 4.74 Å². The molecule has 0 fully saturated rings. The molecule has 1 rings (SSSR count). The number of carbonyl (C=O) groups excluding carboxylic acids is 2.